The van der Waals surface area contributed by atoms with Crippen LogP contribution < -0.4 is 0 Å². The van der Waals surface area contributed by atoms with E-state index in [0.717, 1.165) is 0 Å². The van der Waals surface area contributed by atoms with Crippen molar-refractivity contribution in [3.63, 3.8) is 0 Å². The molecule has 0 aromatic carbocycles. The first kappa shape index (κ1) is 18.3. The maximum atomic E-state index is 7.05. The van der Waals surface area contributed by atoms with Gasteiger partial charge in [-0.2, -0.15) is 0 Å². The average Bonchev–Trinajstić information content (AvgIpc) is 2.69. The smallest absolute Gasteiger partial charge is 0.0701 e. The van der Waals surface area contributed by atoms with E-state index >= 15 is 0 Å². The first-order valence-electron chi connectivity index (χ1n) is 9.86. The van der Waals surface area contributed by atoms with Crippen LogP contribution in [0.1, 0.15) is 112 Å². The summed E-state index contributed by atoms with van der Waals surface area (Å²) in [4.78, 5) is 0. The van der Waals surface area contributed by atoms with Gasteiger partial charge in [-0.1, -0.05) is 67.2 Å². The lowest BCUT2D eigenvalue weighted by Gasteiger charge is -2.51. The van der Waals surface area contributed by atoms with E-state index in [9.17, 15) is 0 Å². The molecular weight excluding hydrogens is 268 g/mol. The molecule has 22 heavy (non-hydrogen) atoms. The van der Waals surface area contributed by atoms with Gasteiger partial charge in [-0.25, -0.2) is 0 Å². The Labute approximate surface area is 139 Å². The van der Waals surface area contributed by atoms with Crippen molar-refractivity contribution >= 4 is 0 Å². The summed E-state index contributed by atoms with van der Waals surface area (Å²) in [5.41, 5.74) is 1.23. The Hall–Kier alpha value is -0.0400. The van der Waals surface area contributed by atoms with E-state index in [-0.39, 0.29) is 11.2 Å². The van der Waals surface area contributed by atoms with Crippen molar-refractivity contribution in [2.75, 3.05) is 0 Å². The predicted molar refractivity (Wildman–Crippen MR) is 96.2 cm³/mol. The Morgan fingerprint density at radius 1 is 0.727 bits per heavy atom. The summed E-state index contributed by atoms with van der Waals surface area (Å²) >= 11 is 0. The molecule has 0 unspecified atom stereocenters. The summed E-state index contributed by atoms with van der Waals surface area (Å²) in [6, 6.07) is 0. The van der Waals surface area contributed by atoms with Crippen LogP contribution >= 0.6 is 0 Å². The number of rotatable bonds is 6. The summed E-state index contributed by atoms with van der Waals surface area (Å²) in [6.45, 7) is 14.4. The number of hydrogen-bond donors (Lipinski definition) is 0. The van der Waals surface area contributed by atoms with E-state index < -0.39 is 0 Å². The van der Waals surface area contributed by atoms with Crippen LogP contribution in [0.2, 0.25) is 0 Å². The van der Waals surface area contributed by atoms with Crippen molar-refractivity contribution in [2.24, 2.45) is 10.8 Å². The molecule has 0 aromatic heterocycles. The lowest BCUT2D eigenvalue weighted by molar-refractivity contribution is -0.165. The molecule has 0 N–H and O–H groups in total. The van der Waals surface area contributed by atoms with Crippen LogP contribution in [-0.2, 0) is 4.74 Å². The fourth-order valence-electron chi connectivity index (χ4n) is 5.97. The molecule has 0 radical (unpaired) electrons. The van der Waals surface area contributed by atoms with Crippen molar-refractivity contribution in [3.8, 4) is 0 Å². The first-order valence-corrected chi connectivity index (χ1v) is 9.86. The van der Waals surface area contributed by atoms with Crippen LogP contribution in [0, 0.1) is 10.8 Å². The average molecular weight is 309 g/mol. The lowest BCUT2D eigenvalue weighted by Crippen LogP contribution is -2.47. The maximum absolute atomic E-state index is 7.05. The van der Waals surface area contributed by atoms with Crippen LogP contribution in [-0.4, -0.2) is 11.2 Å². The van der Waals surface area contributed by atoms with E-state index in [4.69, 9.17) is 4.74 Å². The van der Waals surface area contributed by atoms with Gasteiger partial charge in [0.05, 0.1) is 11.2 Å². The second-order valence-corrected chi connectivity index (χ2v) is 10.0. The van der Waals surface area contributed by atoms with Crippen molar-refractivity contribution in [3.05, 3.63) is 0 Å². The molecule has 1 saturated heterocycles. The zero-order valence-corrected chi connectivity index (χ0v) is 16.2. The van der Waals surface area contributed by atoms with Gasteiger partial charge in [0.25, 0.3) is 0 Å². The third-order valence-electron chi connectivity index (χ3n) is 6.00. The number of ether oxygens (including phenoxy) is 1. The molecule has 1 aliphatic carbocycles. The Bertz CT molecular complexity index is 342. The van der Waals surface area contributed by atoms with Crippen LogP contribution in [0.15, 0.2) is 0 Å². The molecule has 2 rings (SSSR count). The van der Waals surface area contributed by atoms with Gasteiger partial charge < -0.3 is 4.74 Å². The fraction of sp³-hybridized carbons (Fsp3) is 1.00. The molecule has 0 aromatic rings. The van der Waals surface area contributed by atoms with E-state index in [1.165, 1.54) is 70.6 Å². The summed E-state index contributed by atoms with van der Waals surface area (Å²) in [6.07, 6.45) is 14.3. The van der Waals surface area contributed by atoms with Gasteiger partial charge >= 0.3 is 0 Å². The Morgan fingerprint density at radius 3 is 1.68 bits per heavy atom. The maximum Gasteiger partial charge on any atom is 0.0701 e. The number of hydrogen-bond acceptors (Lipinski definition) is 1. The zero-order valence-electron chi connectivity index (χ0n) is 16.2. The van der Waals surface area contributed by atoms with Crippen LogP contribution in [0.4, 0.5) is 0 Å². The highest BCUT2D eigenvalue weighted by Gasteiger charge is 2.55. The van der Waals surface area contributed by atoms with Crippen LogP contribution in [0.25, 0.3) is 0 Å². The predicted octanol–water partition coefficient (Wildman–Crippen LogP) is 6.89. The van der Waals surface area contributed by atoms with E-state index in [1.54, 1.807) is 0 Å². The van der Waals surface area contributed by atoms with Gasteiger partial charge in [-0.3, -0.25) is 0 Å². The lowest BCUT2D eigenvalue weighted by atomic mass is 9.59. The fourth-order valence-corrected chi connectivity index (χ4v) is 5.97. The molecule has 130 valence electrons. The second-order valence-electron chi connectivity index (χ2n) is 10.0. The molecule has 2 fully saturated rings. The van der Waals surface area contributed by atoms with Gasteiger partial charge in [-0.05, 0) is 55.8 Å². The minimum absolute atomic E-state index is 0.173. The Kier molecular flexibility index (Phi) is 5.37. The molecule has 1 heteroatoms. The highest BCUT2D eigenvalue weighted by atomic mass is 16.5. The van der Waals surface area contributed by atoms with Crippen LogP contribution in [0.5, 0.6) is 0 Å². The number of unbranched alkanes of at least 4 members (excludes halogenated alkanes) is 2. The van der Waals surface area contributed by atoms with Gasteiger partial charge in [0.2, 0.25) is 0 Å². The van der Waals surface area contributed by atoms with E-state index in [1.807, 2.05) is 0 Å². The molecule has 0 atom stereocenters. The van der Waals surface area contributed by atoms with E-state index in [0.29, 0.717) is 10.8 Å². The summed E-state index contributed by atoms with van der Waals surface area (Å²) in [5.74, 6) is 0. The summed E-state index contributed by atoms with van der Waals surface area (Å²) < 4.78 is 7.05. The van der Waals surface area contributed by atoms with Crippen molar-refractivity contribution in [2.45, 2.75) is 123 Å². The van der Waals surface area contributed by atoms with Gasteiger partial charge in [0, 0.05) is 0 Å². The quantitative estimate of drug-likeness (QED) is 0.519. The van der Waals surface area contributed by atoms with Crippen LogP contribution in [0.3, 0.4) is 0 Å². The van der Waals surface area contributed by atoms with Gasteiger partial charge in [-0.15, -0.1) is 0 Å². The zero-order chi connectivity index (χ0) is 16.5. The molecule has 1 aliphatic heterocycles. The Morgan fingerprint density at radius 2 is 1.23 bits per heavy atom. The summed E-state index contributed by atoms with van der Waals surface area (Å²) in [5, 5.41) is 0. The monoisotopic (exact) mass is 308 g/mol. The molecular formula is C21H40O. The standard InChI is InChI=1S/C21H40O/c1-7-9-11-20(12-10-8-2)13-14-21(22-20)16-18(3,4)15-19(5,6)17-21/h7-17H2,1-6H3. The van der Waals surface area contributed by atoms with Gasteiger partial charge in [0.15, 0.2) is 0 Å². The Balaban J connectivity index is 2.16. The largest absolute Gasteiger partial charge is 0.369 e. The summed E-state index contributed by atoms with van der Waals surface area (Å²) in [7, 11) is 0. The van der Waals surface area contributed by atoms with Gasteiger partial charge in [0.1, 0.15) is 0 Å². The van der Waals surface area contributed by atoms with E-state index in [2.05, 4.69) is 41.5 Å². The van der Waals surface area contributed by atoms with Crippen molar-refractivity contribution < 1.29 is 4.74 Å². The molecule has 1 nitrogen and oxygen atoms in total. The molecule has 1 heterocycles. The highest BCUT2D eigenvalue weighted by molar-refractivity contribution is 5.05. The molecule has 1 saturated carbocycles. The highest BCUT2D eigenvalue weighted by Crippen LogP contribution is 2.58. The second kappa shape index (κ2) is 6.46. The minimum atomic E-state index is 0.173. The van der Waals surface area contributed by atoms with Crippen molar-refractivity contribution in [1.29, 1.82) is 0 Å². The topological polar surface area (TPSA) is 9.23 Å². The third-order valence-corrected chi connectivity index (χ3v) is 6.00. The normalized spacial score (nSPS) is 28.1. The molecule has 1 spiro atoms. The minimum Gasteiger partial charge on any atom is -0.369 e. The third kappa shape index (κ3) is 4.28. The first-order chi connectivity index (χ1) is 10.2. The molecule has 2 aliphatic rings. The molecule has 0 bridgehead atoms. The molecule has 0 amide bonds. The van der Waals surface area contributed by atoms with Crippen molar-refractivity contribution in [1.82, 2.24) is 0 Å². The SMILES string of the molecule is CCCCC1(CCCC)CCC2(CC(C)(C)CC(C)(C)C2)O1.